The molecule has 0 radical (unpaired) electrons. The molecule has 2 aliphatic rings. The van der Waals surface area contributed by atoms with E-state index in [1.807, 2.05) is 44.8 Å². The number of hydrogen-bond acceptors (Lipinski definition) is 7. The summed E-state index contributed by atoms with van der Waals surface area (Å²) in [6, 6.07) is 1.86. The molecule has 0 bridgehead atoms. The zero-order valence-electron chi connectivity index (χ0n) is 15.5. The Morgan fingerprint density at radius 1 is 1.33 bits per heavy atom. The predicted octanol–water partition coefficient (Wildman–Crippen LogP) is 1.72. The molecule has 2 fully saturated rings. The second kappa shape index (κ2) is 6.68. The topological polar surface area (TPSA) is 94.2 Å². The quantitative estimate of drug-likeness (QED) is 0.478. The van der Waals surface area contributed by atoms with E-state index in [2.05, 4.69) is 15.0 Å². The van der Waals surface area contributed by atoms with E-state index >= 15 is 0 Å². The Balaban J connectivity index is 1.76. The van der Waals surface area contributed by atoms with Crippen LogP contribution >= 0.6 is 11.6 Å². The maximum absolute atomic E-state index is 9.68. The minimum absolute atomic E-state index is 0.0885. The number of fused-ring (bicyclic) bond motifs is 2. The molecule has 0 amide bonds. The average molecular weight is 396 g/mol. The van der Waals surface area contributed by atoms with Gasteiger partial charge < -0.3 is 28.8 Å². The van der Waals surface area contributed by atoms with Crippen LogP contribution in [0.1, 0.15) is 20.1 Å². The van der Waals surface area contributed by atoms with Crippen molar-refractivity contribution < 1.29 is 19.3 Å². The van der Waals surface area contributed by atoms with Crippen molar-refractivity contribution >= 4 is 34.8 Å². The molecule has 2 saturated heterocycles. The summed E-state index contributed by atoms with van der Waals surface area (Å²) in [6.45, 7) is 3.53. The van der Waals surface area contributed by atoms with Crippen molar-refractivity contribution in [1.29, 1.82) is 0 Å². The Bertz CT molecular complexity index is 884. The number of nitrogens with zero attached hydrogens (tertiary/aromatic N) is 5. The Morgan fingerprint density at radius 2 is 2.07 bits per heavy atom. The molecule has 4 atom stereocenters. The lowest BCUT2D eigenvalue weighted by atomic mass is 10.1. The highest BCUT2D eigenvalue weighted by atomic mass is 35.5. The Morgan fingerprint density at radius 3 is 2.78 bits per heavy atom. The third-order valence-corrected chi connectivity index (χ3v) is 4.68. The van der Waals surface area contributed by atoms with Crippen LogP contribution in [-0.2, 0) is 14.2 Å². The third-order valence-electron chi connectivity index (χ3n) is 4.51. The first kappa shape index (κ1) is 18.6. The Hall–Kier alpha value is -1.78. The highest BCUT2D eigenvalue weighted by molar-refractivity contribution is 6.28. The highest BCUT2D eigenvalue weighted by Gasteiger charge is 2.55. The maximum atomic E-state index is 9.68. The summed E-state index contributed by atoms with van der Waals surface area (Å²) in [5.74, 6) is -0.281. The maximum Gasteiger partial charge on any atom is 0.226 e. The largest absolute Gasteiger partial charge is 0.394 e. The van der Waals surface area contributed by atoms with E-state index in [0.717, 1.165) is 5.39 Å². The molecule has 2 aromatic rings. The minimum atomic E-state index is -0.748. The molecule has 0 spiro atoms. The Kier molecular flexibility index (Phi) is 4.59. The number of rotatable bonds is 4. The first-order valence-corrected chi connectivity index (χ1v) is 9.03. The first-order valence-electron chi connectivity index (χ1n) is 8.66. The molecule has 4 rings (SSSR count). The number of aliphatic hydroxyl groups is 1. The number of aliphatic imine (C=N–C) groups is 1. The molecule has 0 aliphatic carbocycles. The standard InChI is InChI=1S/C17H22ClN5O4/c1-17(2)26-11-10(7-24)25-15(12(11)27-17)23-6-5-9-13(19-8-22(3)4)20-16(18)21-14(9)23/h5-6,8,10-12,15,24H,7H2,1-4H3/b19-8+/t10-,11-,12-,15-/m1/s1. The minimum Gasteiger partial charge on any atom is -0.394 e. The number of hydrogen-bond donors (Lipinski definition) is 1. The fraction of sp³-hybridized carbons (Fsp3) is 0.588. The number of ether oxygens (including phenoxy) is 3. The van der Waals surface area contributed by atoms with Crippen molar-refractivity contribution in [1.82, 2.24) is 19.4 Å². The fourth-order valence-electron chi connectivity index (χ4n) is 3.50. The SMILES string of the molecule is CN(C)/C=N/c1nc(Cl)nc2c1ccn2[C@@H]1O[C@H](CO)[C@H]2OC(C)(C)O[C@H]21. The van der Waals surface area contributed by atoms with Crippen molar-refractivity contribution in [2.45, 2.75) is 44.2 Å². The molecule has 146 valence electrons. The molecule has 0 aromatic carbocycles. The molecule has 0 saturated carbocycles. The predicted molar refractivity (Wildman–Crippen MR) is 99.2 cm³/mol. The van der Waals surface area contributed by atoms with Crippen molar-refractivity contribution in [2.24, 2.45) is 4.99 Å². The zero-order chi connectivity index (χ0) is 19.3. The third kappa shape index (κ3) is 3.30. The van der Waals surface area contributed by atoms with Gasteiger partial charge in [-0.15, -0.1) is 0 Å². The lowest BCUT2D eigenvalue weighted by Gasteiger charge is -2.24. The van der Waals surface area contributed by atoms with E-state index in [1.54, 1.807) is 11.2 Å². The van der Waals surface area contributed by atoms with Gasteiger partial charge in [-0.3, -0.25) is 0 Å². The number of halogens is 1. The van der Waals surface area contributed by atoms with E-state index in [0.29, 0.717) is 11.5 Å². The Labute approximate surface area is 161 Å². The van der Waals surface area contributed by atoms with Crippen molar-refractivity contribution in [3.63, 3.8) is 0 Å². The molecule has 10 heteroatoms. The van der Waals surface area contributed by atoms with Gasteiger partial charge in [-0.2, -0.15) is 9.97 Å². The lowest BCUT2D eigenvalue weighted by Crippen LogP contribution is -2.31. The van der Waals surface area contributed by atoms with Crippen LogP contribution in [0.25, 0.3) is 11.0 Å². The van der Waals surface area contributed by atoms with Crippen LogP contribution in [0.2, 0.25) is 5.28 Å². The van der Waals surface area contributed by atoms with E-state index in [4.69, 9.17) is 25.8 Å². The van der Waals surface area contributed by atoms with Gasteiger partial charge in [0.15, 0.2) is 17.8 Å². The van der Waals surface area contributed by atoms with Crippen molar-refractivity contribution in [2.75, 3.05) is 20.7 Å². The van der Waals surface area contributed by atoms with Gasteiger partial charge in [-0.25, -0.2) is 4.99 Å². The molecule has 9 nitrogen and oxygen atoms in total. The highest BCUT2D eigenvalue weighted by Crippen LogP contribution is 2.44. The van der Waals surface area contributed by atoms with Gasteiger partial charge in [0.25, 0.3) is 0 Å². The molecular formula is C17H22ClN5O4. The van der Waals surface area contributed by atoms with Crippen LogP contribution in [0.4, 0.5) is 5.82 Å². The van der Waals surface area contributed by atoms with E-state index in [-0.39, 0.29) is 24.1 Å². The van der Waals surface area contributed by atoms with Crippen LogP contribution in [0.15, 0.2) is 17.3 Å². The average Bonchev–Trinajstić information content (AvgIpc) is 3.22. The summed E-state index contributed by atoms with van der Waals surface area (Å²) in [5, 5.41) is 10.5. The van der Waals surface area contributed by atoms with Crippen LogP contribution < -0.4 is 0 Å². The molecule has 27 heavy (non-hydrogen) atoms. The summed E-state index contributed by atoms with van der Waals surface area (Å²) in [5.41, 5.74) is 0.580. The first-order chi connectivity index (χ1) is 12.8. The smallest absolute Gasteiger partial charge is 0.226 e. The van der Waals surface area contributed by atoms with Gasteiger partial charge in [-0.05, 0) is 31.5 Å². The monoisotopic (exact) mass is 395 g/mol. The van der Waals surface area contributed by atoms with Gasteiger partial charge in [-0.1, -0.05) is 0 Å². The van der Waals surface area contributed by atoms with E-state index < -0.39 is 18.1 Å². The number of aromatic nitrogens is 3. The van der Waals surface area contributed by atoms with Crippen molar-refractivity contribution in [3.8, 4) is 0 Å². The van der Waals surface area contributed by atoms with E-state index in [9.17, 15) is 5.11 Å². The normalized spacial score (nSPS) is 29.7. The van der Waals surface area contributed by atoms with Gasteiger partial charge >= 0.3 is 0 Å². The van der Waals surface area contributed by atoms with Crippen LogP contribution in [0, 0.1) is 0 Å². The fourth-order valence-corrected chi connectivity index (χ4v) is 3.66. The molecule has 2 aliphatic heterocycles. The van der Waals surface area contributed by atoms with Gasteiger partial charge in [0, 0.05) is 20.3 Å². The molecule has 0 unspecified atom stereocenters. The molecular weight excluding hydrogens is 374 g/mol. The molecule has 1 N–H and O–H groups in total. The van der Waals surface area contributed by atoms with E-state index in [1.165, 1.54) is 0 Å². The zero-order valence-corrected chi connectivity index (χ0v) is 16.3. The van der Waals surface area contributed by atoms with Gasteiger partial charge in [0.1, 0.15) is 24.0 Å². The van der Waals surface area contributed by atoms with Gasteiger partial charge in [0.2, 0.25) is 5.28 Å². The summed E-state index contributed by atoms with van der Waals surface area (Å²) in [7, 11) is 3.74. The summed E-state index contributed by atoms with van der Waals surface area (Å²) in [4.78, 5) is 14.8. The van der Waals surface area contributed by atoms with Gasteiger partial charge in [0.05, 0.1) is 18.3 Å². The van der Waals surface area contributed by atoms with Crippen LogP contribution in [-0.4, -0.2) is 75.7 Å². The summed E-state index contributed by atoms with van der Waals surface area (Å²) in [6.07, 6.45) is 1.74. The van der Waals surface area contributed by atoms with Crippen molar-refractivity contribution in [3.05, 3.63) is 17.5 Å². The lowest BCUT2D eigenvalue weighted by molar-refractivity contribution is -0.199. The molecule has 4 heterocycles. The summed E-state index contributed by atoms with van der Waals surface area (Å²) >= 11 is 6.13. The second-order valence-corrected chi connectivity index (χ2v) is 7.64. The summed E-state index contributed by atoms with van der Waals surface area (Å²) < 4.78 is 19.8. The number of aliphatic hydroxyl groups excluding tert-OH is 1. The van der Waals surface area contributed by atoms with Crippen LogP contribution in [0.5, 0.6) is 0 Å². The van der Waals surface area contributed by atoms with Crippen LogP contribution in [0.3, 0.4) is 0 Å². The molecule has 2 aromatic heterocycles. The second-order valence-electron chi connectivity index (χ2n) is 7.30.